The van der Waals surface area contributed by atoms with Crippen LogP contribution in [0.5, 0.6) is 5.75 Å². The van der Waals surface area contributed by atoms with E-state index in [0.717, 1.165) is 42.6 Å². The zero-order valence-electron chi connectivity index (χ0n) is 17.8. The second-order valence-corrected chi connectivity index (χ2v) is 7.90. The lowest BCUT2D eigenvalue weighted by Gasteiger charge is -2.31. The van der Waals surface area contributed by atoms with Gasteiger partial charge in [0.05, 0.1) is 7.11 Å². The molecule has 1 aliphatic carbocycles. The molecule has 0 saturated heterocycles. The monoisotopic (exact) mass is 409 g/mol. The molecule has 2 N–H and O–H groups in total. The predicted molar refractivity (Wildman–Crippen MR) is 117 cm³/mol. The number of methoxy groups -OCH3 is 1. The van der Waals surface area contributed by atoms with Crippen molar-refractivity contribution in [2.45, 2.75) is 44.8 Å². The first-order chi connectivity index (χ1) is 14.5. The van der Waals surface area contributed by atoms with Gasteiger partial charge in [-0.15, -0.1) is 0 Å². The fourth-order valence-electron chi connectivity index (χ4n) is 3.89. The molecule has 0 radical (unpaired) electrons. The molecular weight excluding hydrogens is 378 g/mol. The number of benzene rings is 2. The van der Waals surface area contributed by atoms with Gasteiger partial charge in [0.15, 0.2) is 0 Å². The van der Waals surface area contributed by atoms with Crippen LogP contribution in [0.4, 0.5) is 4.79 Å². The molecule has 0 heterocycles. The summed E-state index contributed by atoms with van der Waals surface area (Å²) < 4.78 is 5.14. The largest absolute Gasteiger partial charge is 0.497 e. The van der Waals surface area contributed by atoms with Crippen molar-refractivity contribution in [3.05, 3.63) is 65.7 Å². The van der Waals surface area contributed by atoms with Gasteiger partial charge in [-0.25, -0.2) is 4.79 Å². The summed E-state index contributed by atoms with van der Waals surface area (Å²) in [6.07, 6.45) is 3.26. The third-order valence-electron chi connectivity index (χ3n) is 5.66. The van der Waals surface area contributed by atoms with Crippen LogP contribution in [-0.4, -0.2) is 37.0 Å². The highest BCUT2D eigenvalue weighted by atomic mass is 16.5. The van der Waals surface area contributed by atoms with Crippen LogP contribution in [0.1, 0.15) is 36.8 Å². The Labute approximate surface area is 178 Å². The number of carbonyl (C=O) groups is 2. The van der Waals surface area contributed by atoms with E-state index >= 15 is 0 Å². The zero-order chi connectivity index (χ0) is 21.3. The lowest BCUT2D eigenvalue weighted by atomic mass is 9.85. The van der Waals surface area contributed by atoms with Crippen molar-refractivity contribution < 1.29 is 14.3 Å². The number of rotatable bonds is 7. The van der Waals surface area contributed by atoms with Crippen LogP contribution in [0, 0.1) is 5.92 Å². The number of amides is 3. The quantitative estimate of drug-likeness (QED) is 0.732. The molecule has 2 aromatic rings. The van der Waals surface area contributed by atoms with E-state index in [0.29, 0.717) is 13.1 Å². The summed E-state index contributed by atoms with van der Waals surface area (Å²) in [6, 6.07) is 17.6. The van der Waals surface area contributed by atoms with Gasteiger partial charge in [0.25, 0.3) is 0 Å². The van der Waals surface area contributed by atoms with E-state index in [2.05, 4.69) is 10.6 Å². The second-order valence-electron chi connectivity index (χ2n) is 7.90. The third-order valence-corrected chi connectivity index (χ3v) is 5.66. The topological polar surface area (TPSA) is 70.7 Å². The zero-order valence-corrected chi connectivity index (χ0v) is 17.8. The first-order valence-electron chi connectivity index (χ1n) is 10.5. The van der Waals surface area contributed by atoms with E-state index in [-0.39, 0.29) is 23.9 Å². The molecule has 6 nitrogen and oxygen atoms in total. The van der Waals surface area contributed by atoms with Gasteiger partial charge in [-0.05, 0) is 48.9 Å². The second kappa shape index (κ2) is 10.7. The van der Waals surface area contributed by atoms with Gasteiger partial charge in [0, 0.05) is 32.1 Å². The van der Waals surface area contributed by atoms with Crippen LogP contribution >= 0.6 is 0 Å². The molecule has 0 aliphatic heterocycles. The van der Waals surface area contributed by atoms with E-state index in [1.54, 1.807) is 7.11 Å². The van der Waals surface area contributed by atoms with Gasteiger partial charge in [-0.1, -0.05) is 42.5 Å². The molecule has 30 heavy (non-hydrogen) atoms. The van der Waals surface area contributed by atoms with Crippen LogP contribution < -0.4 is 15.4 Å². The average molecular weight is 410 g/mol. The van der Waals surface area contributed by atoms with E-state index in [1.165, 1.54) is 0 Å². The maximum Gasteiger partial charge on any atom is 0.315 e. The maximum absolute atomic E-state index is 12.8. The minimum absolute atomic E-state index is 0.0409. The number of urea groups is 1. The molecule has 2 aromatic carbocycles. The molecule has 3 rings (SSSR count). The Morgan fingerprint density at radius 1 is 0.967 bits per heavy atom. The van der Waals surface area contributed by atoms with Crippen molar-refractivity contribution in [1.82, 2.24) is 15.5 Å². The molecule has 0 bridgehead atoms. The average Bonchev–Trinajstić information content (AvgIpc) is 2.78. The van der Waals surface area contributed by atoms with Crippen LogP contribution in [0.2, 0.25) is 0 Å². The van der Waals surface area contributed by atoms with Crippen LogP contribution in [0.3, 0.4) is 0 Å². The van der Waals surface area contributed by atoms with E-state index in [9.17, 15) is 9.59 Å². The number of ether oxygens (including phenoxy) is 1. The minimum Gasteiger partial charge on any atom is -0.497 e. The summed E-state index contributed by atoms with van der Waals surface area (Å²) in [6.45, 7) is 1.10. The Kier molecular flexibility index (Phi) is 7.71. The Bertz CT molecular complexity index is 815. The summed E-state index contributed by atoms with van der Waals surface area (Å²) in [7, 11) is 3.50. The first kappa shape index (κ1) is 21.7. The Hall–Kier alpha value is -3.02. The van der Waals surface area contributed by atoms with Crippen molar-refractivity contribution in [3.8, 4) is 5.75 Å². The molecule has 3 amide bonds. The van der Waals surface area contributed by atoms with Crippen molar-refractivity contribution >= 4 is 11.9 Å². The molecule has 160 valence electrons. The van der Waals surface area contributed by atoms with Gasteiger partial charge in [-0.3, -0.25) is 4.79 Å². The van der Waals surface area contributed by atoms with Crippen LogP contribution in [0.15, 0.2) is 54.6 Å². The third kappa shape index (κ3) is 6.24. The molecule has 0 aromatic heterocycles. The molecule has 1 fully saturated rings. The smallest absolute Gasteiger partial charge is 0.315 e. The highest BCUT2D eigenvalue weighted by molar-refractivity contribution is 5.79. The van der Waals surface area contributed by atoms with Crippen molar-refractivity contribution in [2.24, 2.45) is 5.92 Å². The number of hydrogen-bond acceptors (Lipinski definition) is 3. The van der Waals surface area contributed by atoms with Crippen molar-refractivity contribution in [3.63, 3.8) is 0 Å². The van der Waals surface area contributed by atoms with Gasteiger partial charge in [-0.2, -0.15) is 0 Å². The summed E-state index contributed by atoms with van der Waals surface area (Å²) in [5.41, 5.74) is 2.15. The standard InChI is InChI=1S/C24H31N3O3/c1-27(17-19-6-4-3-5-7-19)23(28)20-10-12-21(13-11-20)26-24(29)25-16-18-8-14-22(30-2)15-9-18/h3-9,14-15,20-21H,10-13,16-17H2,1-2H3,(H2,25,26,29). The summed E-state index contributed by atoms with van der Waals surface area (Å²) in [4.78, 5) is 26.8. The molecule has 0 unspecified atom stereocenters. The molecule has 0 atom stereocenters. The highest BCUT2D eigenvalue weighted by Gasteiger charge is 2.28. The van der Waals surface area contributed by atoms with E-state index in [1.807, 2.05) is 66.5 Å². The number of carbonyl (C=O) groups excluding carboxylic acids is 2. The number of hydrogen-bond donors (Lipinski definition) is 2. The predicted octanol–water partition coefficient (Wildman–Crippen LogP) is 3.71. The van der Waals surface area contributed by atoms with Gasteiger partial charge >= 0.3 is 6.03 Å². The van der Waals surface area contributed by atoms with Crippen LogP contribution in [0.25, 0.3) is 0 Å². The minimum atomic E-state index is -0.165. The molecule has 6 heteroatoms. The lowest BCUT2D eigenvalue weighted by molar-refractivity contribution is -0.135. The van der Waals surface area contributed by atoms with E-state index < -0.39 is 0 Å². The number of nitrogens with zero attached hydrogens (tertiary/aromatic N) is 1. The van der Waals surface area contributed by atoms with Crippen molar-refractivity contribution in [1.29, 1.82) is 0 Å². The first-order valence-corrected chi connectivity index (χ1v) is 10.5. The Balaban J connectivity index is 1.38. The maximum atomic E-state index is 12.8. The van der Waals surface area contributed by atoms with Crippen molar-refractivity contribution in [2.75, 3.05) is 14.2 Å². The van der Waals surface area contributed by atoms with Gasteiger partial charge < -0.3 is 20.3 Å². The summed E-state index contributed by atoms with van der Waals surface area (Å²) >= 11 is 0. The van der Waals surface area contributed by atoms with Gasteiger partial charge in [0.2, 0.25) is 5.91 Å². The fourth-order valence-corrected chi connectivity index (χ4v) is 3.89. The molecule has 1 aliphatic rings. The Morgan fingerprint density at radius 3 is 2.27 bits per heavy atom. The Morgan fingerprint density at radius 2 is 1.63 bits per heavy atom. The summed E-state index contributed by atoms with van der Waals surface area (Å²) in [5.74, 6) is 1.03. The fraction of sp³-hybridized carbons (Fsp3) is 0.417. The van der Waals surface area contributed by atoms with Gasteiger partial charge in [0.1, 0.15) is 5.75 Å². The molecule has 0 spiro atoms. The van der Waals surface area contributed by atoms with Crippen LogP contribution in [-0.2, 0) is 17.9 Å². The highest BCUT2D eigenvalue weighted by Crippen LogP contribution is 2.26. The SMILES string of the molecule is COc1ccc(CNC(=O)NC2CCC(C(=O)N(C)Cc3ccccc3)CC2)cc1. The lowest BCUT2D eigenvalue weighted by Crippen LogP contribution is -2.44. The molecule has 1 saturated carbocycles. The number of nitrogens with one attached hydrogen (secondary N) is 2. The normalized spacial score (nSPS) is 18.3. The molecular formula is C24H31N3O3. The van der Waals surface area contributed by atoms with E-state index in [4.69, 9.17) is 4.74 Å². The summed E-state index contributed by atoms with van der Waals surface area (Å²) in [5, 5.41) is 5.94.